The zero-order valence-corrected chi connectivity index (χ0v) is 7.40. The summed E-state index contributed by atoms with van der Waals surface area (Å²) in [6.45, 7) is 8.87. The van der Waals surface area contributed by atoms with Gasteiger partial charge in [0.25, 0.3) is 0 Å². The first kappa shape index (κ1) is 7.56. The SMILES string of the molecule is CC1(CN2CCC2)CCNC1. The van der Waals surface area contributed by atoms with Crippen LogP contribution in [0.3, 0.4) is 0 Å². The van der Waals surface area contributed by atoms with Crippen molar-refractivity contribution in [3.05, 3.63) is 0 Å². The van der Waals surface area contributed by atoms with Gasteiger partial charge >= 0.3 is 0 Å². The molecule has 1 atom stereocenters. The topological polar surface area (TPSA) is 15.3 Å². The number of likely N-dealkylation sites (tertiary alicyclic amines) is 1. The lowest BCUT2D eigenvalue weighted by molar-refractivity contribution is 0.116. The molecule has 0 aromatic rings. The van der Waals surface area contributed by atoms with Crippen molar-refractivity contribution < 1.29 is 0 Å². The molecule has 11 heavy (non-hydrogen) atoms. The Kier molecular flexibility index (Phi) is 1.90. The third-order valence-corrected chi connectivity index (χ3v) is 3.01. The molecule has 2 aliphatic heterocycles. The molecule has 0 spiro atoms. The molecule has 0 radical (unpaired) electrons. The molecule has 2 heteroatoms. The molecule has 0 aliphatic carbocycles. The summed E-state index contributed by atoms with van der Waals surface area (Å²) in [5.41, 5.74) is 0.584. The van der Waals surface area contributed by atoms with Crippen LogP contribution in [0.1, 0.15) is 19.8 Å². The van der Waals surface area contributed by atoms with Crippen LogP contribution in [0.15, 0.2) is 0 Å². The highest BCUT2D eigenvalue weighted by Gasteiger charge is 2.31. The molecular formula is C9H18N2. The minimum Gasteiger partial charge on any atom is -0.316 e. The Labute approximate surface area is 69.0 Å². The van der Waals surface area contributed by atoms with Crippen molar-refractivity contribution in [2.24, 2.45) is 5.41 Å². The van der Waals surface area contributed by atoms with E-state index in [4.69, 9.17) is 0 Å². The Hall–Kier alpha value is -0.0800. The number of hydrogen-bond donors (Lipinski definition) is 1. The van der Waals surface area contributed by atoms with Gasteiger partial charge in [0, 0.05) is 13.1 Å². The van der Waals surface area contributed by atoms with Crippen molar-refractivity contribution in [3.63, 3.8) is 0 Å². The summed E-state index contributed by atoms with van der Waals surface area (Å²) < 4.78 is 0. The van der Waals surface area contributed by atoms with Crippen LogP contribution in [0.25, 0.3) is 0 Å². The molecule has 0 aromatic carbocycles. The molecule has 0 saturated carbocycles. The van der Waals surface area contributed by atoms with E-state index in [-0.39, 0.29) is 0 Å². The van der Waals surface area contributed by atoms with E-state index in [1.807, 2.05) is 0 Å². The van der Waals surface area contributed by atoms with E-state index < -0.39 is 0 Å². The number of rotatable bonds is 2. The Morgan fingerprint density at radius 1 is 1.45 bits per heavy atom. The van der Waals surface area contributed by atoms with Gasteiger partial charge in [0.1, 0.15) is 0 Å². The summed E-state index contributed by atoms with van der Waals surface area (Å²) in [4.78, 5) is 2.58. The maximum Gasteiger partial charge on any atom is 0.00480 e. The van der Waals surface area contributed by atoms with Crippen LogP contribution in [-0.4, -0.2) is 37.6 Å². The first-order valence-electron chi connectivity index (χ1n) is 4.72. The second kappa shape index (κ2) is 2.76. The van der Waals surface area contributed by atoms with Gasteiger partial charge in [0.05, 0.1) is 0 Å². The molecule has 2 aliphatic rings. The van der Waals surface area contributed by atoms with Gasteiger partial charge in [0.2, 0.25) is 0 Å². The number of hydrogen-bond acceptors (Lipinski definition) is 2. The van der Waals surface area contributed by atoms with Crippen molar-refractivity contribution in [1.82, 2.24) is 10.2 Å². The van der Waals surface area contributed by atoms with E-state index in [0.717, 1.165) is 0 Å². The first-order valence-corrected chi connectivity index (χ1v) is 4.72. The molecule has 0 amide bonds. The summed E-state index contributed by atoms with van der Waals surface area (Å²) in [6, 6.07) is 0. The van der Waals surface area contributed by atoms with E-state index in [9.17, 15) is 0 Å². The van der Waals surface area contributed by atoms with Crippen LogP contribution in [0, 0.1) is 5.41 Å². The number of nitrogens with zero attached hydrogens (tertiary/aromatic N) is 1. The lowest BCUT2D eigenvalue weighted by Gasteiger charge is -2.37. The minimum absolute atomic E-state index is 0.584. The monoisotopic (exact) mass is 154 g/mol. The van der Waals surface area contributed by atoms with Gasteiger partial charge in [-0.1, -0.05) is 6.92 Å². The van der Waals surface area contributed by atoms with Crippen molar-refractivity contribution in [3.8, 4) is 0 Å². The van der Waals surface area contributed by atoms with Crippen LogP contribution in [0.2, 0.25) is 0 Å². The van der Waals surface area contributed by atoms with Crippen molar-refractivity contribution >= 4 is 0 Å². The van der Waals surface area contributed by atoms with Gasteiger partial charge < -0.3 is 10.2 Å². The molecule has 0 bridgehead atoms. The fourth-order valence-electron chi connectivity index (χ4n) is 2.08. The lowest BCUT2D eigenvalue weighted by Crippen LogP contribution is -2.44. The average molecular weight is 154 g/mol. The maximum atomic E-state index is 3.44. The van der Waals surface area contributed by atoms with Crippen LogP contribution >= 0.6 is 0 Å². The zero-order valence-electron chi connectivity index (χ0n) is 7.40. The normalized spacial score (nSPS) is 39.0. The van der Waals surface area contributed by atoms with Crippen molar-refractivity contribution in [1.29, 1.82) is 0 Å². The van der Waals surface area contributed by atoms with E-state index in [2.05, 4.69) is 17.1 Å². The van der Waals surface area contributed by atoms with E-state index >= 15 is 0 Å². The summed E-state index contributed by atoms with van der Waals surface area (Å²) in [5.74, 6) is 0. The first-order chi connectivity index (χ1) is 5.29. The molecule has 2 nitrogen and oxygen atoms in total. The molecule has 2 saturated heterocycles. The van der Waals surface area contributed by atoms with Crippen molar-refractivity contribution in [2.75, 3.05) is 32.7 Å². The maximum absolute atomic E-state index is 3.44. The second-order valence-electron chi connectivity index (χ2n) is 4.37. The summed E-state index contributed by atoms with van der Waals surface area (Å²) >= 11 is 0. The molecule has 0 aromatic heterocycles. The molecule has 2 heterocycles. The molecule has 1 N–H and O–H groups in total. The largest absolute Gasteiger partial charge is 0.316 e. The van der Waals surface area contributed by atoms with Crippen LogP contribution in [0.5, 0.6) is 0 Å². The predicted octanol–water partition coefficient (Wildman–Crippen LogP) is 0.692. The van der Waals surface area contributed by atoms with Crippen molar-refractivity contribution in [2.45, 2.75) is 19.8 Å². The average Bonchev–Trinajstić information content (AvgIpc) is 2.29. The Morgan fingerprint density at radius 2 is 2.27 bits per heavy atom. The highest BCUT2D eigenvalue weighted by atomic mass is 15.2. The highest BCUT2D eigenvalue weighted by molar-refractivity contribution is 4.88. The van der Waals surface area contributed by atoms with E-state index in [1.165, 1.54) is 45.6 Å². The number of nitrogens with one attached hydrogen (secondary N) is 1. The van der Waals surface area contributed by atoms with Gasteiger partial charge in [-0.05, 0) is 37.9 Å². The summed E-state index contributed by atoms with van der Waals surface area (Å²) in [7, 11) is 0. The molecule has 2 fully saturated rings. The van der Waals surface area contributed by atoms with E-state index in [1.54, 1.807) is 0 Å². The third-order valence-electron chi connectivity index (χ3n) is 3.01. The van der Waals surface area contributed by atoms with Gasteiger partial charge in [-0.3, -0.25) is 0 Å². The summed E-state index contributed by atoms with van der Waals surface area (Å²) in [5, 5.41) is 3.44. The van der Waals surface area contributed by atoms with Crippen LogP contribution in [-0.2, 0) is 0 Å². The summed E-state index contributed by atoms with van der Waals surface area (Å²) in [6.07, 6.45) is 2.78. The van der Waals surface area contributed by atoms with Crippen LogP contribution in [0.4, 0.5) is 0 Å². The molecule has 64 valence electrons. The Bertz CT molecular complexity index is 134. The standard InChI is InChI=1S/C9H18N2/c1-9(3-4-10-7-9)8-11-5-2-6-11/h10H,2-8H2,1H3. The Morgan fingerprint density at radius 3 is 2.73 bits per heavy atom. The minimum atomic E-state index is 0.584. The van der Waals surface area contributed by atoms with Crippen LogP contribution < -0.4 is 5.32 Å². The van der Waals surface area contributed by atoms with Gasteiger partial charge in [-0.15, -0.1) is 0 Å². The quantitative estimate of drug-likeness (QED) is 0.629. The lowest BCUT2D eigenvalue weighted by atomic mass is 9.88. The predicted molar refractivity (Wildman–Crippen MR) is 46.7 cm³/mol. The molecule has 2 rings (SSSR count). The Balaban J connectivity index is 1.82. The smallest absolute Gasteiger partial charge is 0.00480 e. The van der Waals surface area contributed by atoms with Gasteiger partial charge in [0.15, 0.2) is 0 Å². The van der Waals surface area contributed by atoms with Gasteiger partial charge in [-0.25, -0.2) is 0 Å². The van der Waals surface area contributed by atoms with Gasteiger partial charge in [-0.2, -0.15) is 0 Å². The third kappa shape index (κ3) is 1.57. The van der Waals surface area contributed by atoms with E-state index in [0.29, 0.717) is 5.41 Å². The highest BCUT2D eigenvalue weighted by Crippen LogP contribution is 2.27. The fourth-order valence-corrected chi connectivity index (χ4v) is 2.08. The zero-order chi connectivity index (χ0) is 7.73. The molecule has 1 unspecified atom stereocenters. The fraction of sp³-hybridized carbons (Fsp3) is 1.00. The molecular weight excluding hydrogens is 136 g/mol. The second-order valence-corrected chi connectivity index (χ2v) is 4.37.